The predicted molar refractivity (Wildman–Crippen MR) is 110 cm³/mol. The highest BCUT2D eigenvalue weighted by Crippen LogP contribution is 2.34. The smallest absolute Gasteiger partial charge is 0.228 e. The van der Waals surface area contributed by atoms with E-state index in [0.717, 1.165) is 35.7 Å². The second-order valence-corrected chi connectivity index (χ2v) is 7.00. The third-order valence-electron chi connectivity index (χ3n) is 4.61. The van der Waals surface area contributed by atoms with E-state index >= 15 is 0 Å². The van der Waals surface area contributed by atoms with E-state index < -0.39 is 0 Å². The van der Waals surface area contributed by atoms with Gasteiger partial charge < -0.3 is 15.0 Å². The fourth-order valence-corrected chi connectivity index (χ4v) is 3.57. The lowest BCUT2D eigenvalue weighted by Crippen LogP contribution is -2.37. The van der Waals surface area contributed by atoms with E-state index in [1.54, 1.807) is 10.9 Å². The largest absolute Gasteiger partial charge is 0.378 e. The molecule has 144 valence electrons. The molecule has 28 heavy (non-hydrogen) atoms. The van der Waals surface area contributed by atoms with Crippen molar-refractivity contribution in [3.63, 3.8) is 0 Å². The molecule has 0 saturated carbocycles. The summed E-state index contributed by atoms with van der Waals surface area (Å²) >= 11 is 6.43. The van der Waals surface area contributed by atoms with Gasteiger partial charge in [0, 0.05) is 19.3 Å². The molecule has 0 aliphatic carbocycles. The van der Waals surface area contributed by atoms with Gasteiger partial charge >= 0.3 is 0 Å². The molecule has 0 atom stereocenters. The Morgan fingerprint density at radius 2 is 1.89 bits per heavy atom. The number of halogens is 1. The van der Waals surface area contributed by atoms with E-state index in [1.165, 1.54) is 0 Å². The van der Waals surface area contributed by atoms with Crippen molar-refractivity contribution >= 4 is 28.9 Å². The molecule has 1 N–H and O–H groups in total. The Kier molecular flexibility index (Phi) is 5.60. The first-order valence-electron chi connectivity index (χ1n) is 9.21. The SMILES string of the molecule is O=C(Cc1cnn(-c2ccccc2)c1)Nc1cccc(Cl)c1N1CCOCC1. The molecule has 0 bridgehead atoms. The van der Waals surface area contributed by atoms with Crippen LogP contribution in [0.1, 0.15) is 5.56 Å². The van der Waals surface area contributed by atoms with E-state index in [4.69, 9.17) is 16.3 Å². The zero-order valence-electron chi connectivity index (χ0n) is 15.3. The summed E-state index contributed by atoms with van der Waals surface area (Å²) in [6.45, 7) is 2.79. The van der Waals surface area contributed by atoms with Crippen LogP contribution in [-0.4, -0.2) is 42.0 Å². The summed E-state index contributed by atoms with van der Waals surface area (Å²) in [6.07, 6.45) is 3.82. The molecule has 1 aliphatic heterocycles. The first kappa shape index (κ1) is 18.5. The van der Waals surface area contributed by atoms with Gasteiger partial charge in [-0.2, -0.15) is 5.10 Å². The summed E-state index contributed by atoms with van der Waals surface area (Å²) < 4.78 is 7.18. The van der Waals surface area contributed by atoms with E-state index in [-0.39, 0.29) is 12.3 Å². The molecule has 1 fully saturated rings. The van der Waals surface area contributed by atoms with E-state index in [0.29, 0.717) is 18.2 Å². The Labute approximate surface area is 168 Å². The number of para-hydroxylation sites is 2. The number of carbonyl (C=O) groups is 1. The van der Waals surface area contributed by atoms with Gasteiger partial charge in [0.25, 0.3) is 0 Å². The number of morpholine rings is 1. The number of nitrogens with zero attached hydrogens (tertiary/aromatic N) is 3. The van der Waals surface area contributed by atoms with Crippen LogP contribution in [0.5, 0.6) is 0 Å². The highest BCUT2D eigenvalue weighted by atomic mass is 35.5. The van der Waals surface area contributed by atoms with Crippen molar-refractivity contribution in [2.24, 2.45) is 0 Å². The monoisotopic (exact) mass is 396 g/mol. The lowest BCUT2D eigenvalue weighted by molar-refractivity contribution is -0.115. The molecule has 6 nitrogen and oxygen atoms in total. The van der Waals surface area contributed by atoms with Crippen molar-refractivity contribution < 1.29 is 9.53 Å². The van der Waals surface area contributed by atoms with Gasteiger partial charge in [0.1, 0.15) is 0 Å². The lowest BCUT2D eigenvalue weighted by Gasteiger charge is -2.31. The van der Waals surface area contributed by atoms with Crippen molar-refractivity contribution in [3.05, 3.63) is 71.5 Å². The van der Waals surface area contributed by atoms with Gasteiger partial charge in [-0.15, -0.1) is 0 Å². The lowest BCUT2D eigenvalue weighted by atomic mass is 10.2. The van der Waals surface area contributed by atoms with Gasteiger partial charge in [-0.3, -0.25) is 4.79 Å². The maximum Gasteiger partial charge on any atom is 0.228 e. The molecule has 1 aliphatic rings. The van der Waals surface area contributed by atoms with Crippen LogP contribution in [0, 0.1) is 0 Å². The van der Waals surface area contributed by atoms with Crippen LogP contribution >= 0.6 is 11.6 Å². The number of ether oxygens (including phenoxy) is 1. The fourth-order valence-electron chi connectivity index (χ4n) is 3.28. The molecular formula is C21H21ClN4O2. The van der Waals surface area contributed by atoms with Crippen LogP contribution in [0.3, 0.4) is 0 Å². The minimum Gasteiger partial charge on any atom is -0.378 e. The van der Waals surface area contributed by atoms with E-state index in [1.807, 2.05) is 54.7 Å². The highest BCUT2D eigenvalue weighted by molar-refractivity contribution is 6.34. The Hall–Kier alpha value is -2.83. The van der Waals surface area contributed by atoms with E-state index in [9.17, 15) is 4.79 Å². The van der Waals surface area contributed by atoms with Crippen LogP contribution in [0.2, 0.25) is 5.02 Å². The zero-order chi connectivity index (χ0) is 19.3. The Morgan fingerprint density at radius 3 is 2.68 bits per heavy atom. The van der Waals surface area contributed by atoms with Crippen molar-refractivity contribution in [3.8, 4) is 5.69 Å². The molecule has 0 unspecified atom stereocenters. The summed E-state index contributed by atoms with van der Waals surface area (Å²) in [5.74, 6) is -0.107. The average Bonchev–Trinajstić information content (AvgIpc) is 3.18. The van der Waals surface area contributed by atoms with Crippen molar-refractivity contribution in [1.82, 2.24) is 9.78 Å². The first-order chi connectivity index (χ1) is 13.7. The van der Waals surface area contributed by atoms with Gasteiger partial charge in [0.05, 0.1) is 47.9 Å². The normalized spacial score (nSPS) is 14.1. The van der Waals surface area contributed by atoms with Gasteiger partial charge in [-0.1, -0.05) is 35.9 Å². The van der Waals surface area contributed by atoms with Crippen LogP contribution in [0.15, 0.2) is 60.9 Å². The standard InChI is InChI=1S/C21H21ClN4O2/c22-18-7-4-8-19(21(18)25-9-11-28-12-10-25)24-20(27)13-16-14-23-26(15-16)17-5-2-1-3-6-17/h1-8,14-15H,9-13H2,(H,24,27). The quantitative estimate of drug-likeness (QED) is 0.716. The van der Waals surface area contributed by atoms with Crippen LogP contribution < -0.4 is 10.2 Å². The van der Waals surface area contributed by atoms with Crippen molar-refractivity contribution in [2.45, 2.75) is 6.42 Å². The molecule has 3 aromatic rings. The zero-order valence-corrected chi connectivity index (χ0v) is 16.1. The van der Waals surface area contributed by atoms with Crippen LogP contribution in [0.25, 0.3) is 5.69 Å². The number of rotatable bonds is 5. The first-order valence-corrected chi connectivity index (χ1v) is 9.58. The number of benzene rings is 2. The number of nitrogens with one attached hydrogen (secondary N) is 1. The minimum atomic E-state index is -0.107. The number of carbonyl (C=O) groups excluding carboxylic acids is 1. The number of amides is 1. The highest BCUT2D eigenvalue weighted by Gasteiger charge is 2.19. The second-order valence-electron chi connectivity index (χ2n) is 6.59. The molecule has 1 aromatic heterocycles. The number of anilines is 2. The van der Waals surface area contributed by atoms with Gasteiger partial charge in [-0.25, -0.2) is 4.68 Å². The molecular weight excluding hydrogens is 376 g/mol. The maximum absolute atomic E-state index is 12.6. The fraction of sp³-hybridized carbons (Fsp3) is 0.238. The molecule has 7 heteroatoms. The number of aromatic nitrogens is 2. The number of hydrogen-bond donors (Lipinski definition) is 1. The van der Waals surface area contributed by atoms with Crippen molar-refractivity contribution in [1.29, 1.82) is 0 Å². The van der Waals surface area contributed by atoms with Gasteiger partial charge in [0.15, 0.2) is 0 Å². The summed E-state index contributed by atoms with van der Waals surface area (Å²) in [6, 6.07) is 15.4. The number of hydrogen-bond acceptors (Lipinski definition) is 4. The summed E-state index contributed by atoms with van der Waals surface area (Å²) in [7, 11) is 0. The van der Waals surface area contributed by atoms with Gasteiger partial charge in [-0.05, 0) is 29.8 Å². The predicted octanol–water partition coefficient (Wildman–Crippen LogP) is 3.54. The second kappa shape index (κ2) is 8.46. The Bertz CT molecular complexity index is 952. The molecule has 0 spiro atoms. The molecule has 4 rings (SSSR count). The van der Waals surface area contributed by atoms with Crippen LogP contribution in [-0.2, 0) is 16.0 Å². The summed E-state index contributed by atoms with van der Waals surface area (Å²) in [5.41, 5.74) is 3.37. The minimum absolute atomic E-state index is 0.107. The molecule has 2 aromatic carbocycles. The van der Waals surface area contributed by atoms with Crippen molar-refractivity contribution in [2.75, 3.05) is 36.5 Å². The van der Waals surface area contributed by atoms with Crippen LogP contribution in [0.4, 0.5) is 11.4 Å². The molecule has 1 amide bonds. The topological polar surface area (TPSA) is 59.4 Å². The average molecular weight is 397 g/mol. The molecule has 1 saturated heterocycles. The molecule has 2 heterocycles. The Balaban J connectivity index is 1.47. The third kappa shape index (κ3) is 4.18. The third-order valence-corrected chi connectivity index (χ3v) is 4.91. The molecule has 0 radical (unpaired) electrons. The summed E-state index contributed by atoms with van der Waals surface area (Å²) in [5, 5.41) is 7.97. The maximum atomic E-state index is 12.6. The van der Waals surface area contributed by atoms with E-state index in [2.05, 4.69) is 15.3 Å². The Morgan fingerprint density at radius 1 is 1.11 bits per heavy atom. The summed E-state index contributed by atoms with van der Waals surface area (Å²) in [4.78, 5) is 14.8. The van der Waals surface area contributed by atoms with Gasteiger partial charge in [0.2, 0.25) is 5.91 Å².